The zero-order chi connectivity index (χ0) is 15.6. The first kappa shape index (κ1) is 13.9. The summed E-state index contributed by atoms with van der Waals surface area (Å²) in [7, 11) is 0. The van der Waals surface area contributed by atoms with Crippen molar-refractivity contribution in [2.45, 2.75) is 38.5 Å². The summed E-state index contributed by atoms with van der Waals surface area (Å²) < 4.78 is 14.6. The molecule has 0 aliphatic heterocycles. The van der Waals surface area contributed by atoms with Crippen molar-refractivity contribution < 1.29 is 9.18 Å². The van der Waals surface area contributed by atoms with Crippen molar-refractivity contribution in [3.63, 3.8) is 0 Å². The van der Waals surface area contributed by atoms with E-state index in [0.717, 1.165) is 41.7 Å². The predicted molar refractivity (Wildman–Crippen MR) is 88.8 cm³/mol. The van der Waals surface area contributed by atoms with Crippen LogP contribution in [0.3, 0.4) is 0 Å². The summed E-state index contributed by atoms with van der Waals surface area (Å²) in [5.41, 5.74) is 0.170. The number of thiazole rings is 1. The lowest BCUT2D eigenvalue weighted by Gasteiger charge is -2.55. The van der Waals surface area contributed by atoms with Gasteiger partial charge in [0.25, 0.3) is 0 Å². The molecule has 1 amide bonds. The highest BCUT2D eigenvalue weighted by Gasteiger charge is 2.54. The number of benzene rings is 1. The van der Waals surface area contributed by atoms with Crippen LogP contribution < -0.4 is 5.32 Å². The number of halogens is 1. The minimum Gasteiger partial charge on any atom is -0.301 e. The molecule has 120 valence electrons. The van der Waals surface area contributed by atoms with Crippen molar-refractivity contribution in [3.8, 4) is 0 Å². The molecule has 0 radical (unpaired) electrons. The van der Waals surface area contributed by atoms with Gasteiger partial charge in [-0.2, -0.15) is 0 Å². The van der Waals surface area contributed by atoms with Gasteiger partial charge >= 0.3 is 0 Å². The quantitative estimate of drug-likeness (QED) is 0.875. The Morgan fingerprint density at radius 1 is 1.17 bits per heavy atom. The topological polar surface area (TPSA) is 42.0 Å². The molecule has 4 saturated carbocycles. The van der Waals surface area contributed by atoms with Gasteiger partial charge in [0.05, 0.1) is 10.1 Å². The van der Waals surface area contributed by atoms with Crippen LogP contribution in [0.15, 0.2) is 18.2 Å². The molecule has 4 fully saturated rings. The number of nitrogens with zero attached hydrogens (tertiary/aromatic N) is 1. The normalized spacial score (nSPS) is 34.9. The van der Waals surface area contributed by atoms with Crippen LogP contribution in [0, 0.1) is 29.0 Å². The van der Waals surface area contributed by atoms with E-state index in [1.807, 2.05) is 6.07 Å². The van der Waals surface area contributed by atoms with Crippen LogP contribution in [0.1, 0.15) is 38.5 Å². The van der Waals surface area contributed by atoms with Gasteiger partial charge in [0.1, 0.15) is 11.3 Å². The minimum atomic E-state index is -0.325. The highest BCUT2D eigenvalue weighted by Crippen LogP contribution is 2.60. The highest BCUT2D eigenvalue weighted by molar-refractivity contribution is 7.22. The van der Waals surface area contributed by atoms with E-state index >= 15 is 0 Å². The van der Waals surface area contributed by atoms with Crippen LogP contribution in [0.5, 0.6) is 0 Å². The van der Waals surface area contributed by atoms with Gasteiger partial charge in [-0.05, 0) is 68.4 Å². The van der Waals surface area contributed by atoms with E-state index in [1.165, 1.54) is 36.7 Å². The Bertz CT molecular complexity index is 764. The van der Waals surface area contributed by atoms with Gasteiger partial charge in [0, 0.05) is 0 Å². The molecule has 0 saturated heterocycles. The molecule has 0 atom stereocenters. The van der Waals surface area contributed by atoms with Crippen LogP contribution in [0.2, 0.25) is 0 Å². The number of carbonyl (C=O) groups excluding carboxylic acids is 1. The maximum atomic E-state index is 13.8. The van der Waals surface area contributed by atoms with Crippen LogP contribution in [0.4, 0.5) is 9.52 Å². The Labute approximate surface area is 138 Å². The van der Waals surface area contributed by atoms with E-state index < -0.39 is 0 Å². The van der Waals surface area contributed by atoms with Crippen molar-refractivity contribution in [3.05, 3.63) is 24.0 Å². The lowest BCUT2D eigenvalue weighted by atomic mass is 9.49. The SMILES string of the molecule is O=C(Nc1nc2c(F)cccc2s1)C12CC3CC(CC(C3)C1)C2. The van der Waals surface area contributed by atoms with Gasteiger partial charge in [-0.1, -0.05) is 17.4 Å². The number of aromatic nitrogens is 1. The Morgan fingerprint density at radius 3 is 2.43 bits per heavy atom. The molecule has 0 spiro atoms. The number of hydrogen-bond acceptors (Lipinski definition) is 3. The van der Waals surface area contributed by atoms with Crippen molar-refractivity contribution >= 4 is 32.6 Å². The van der Waals surface area contributed by atoms with Crippen LogP contribution in [0.25, 0.3) is 10.2 Å². The van der Waals surface area contributed by atoms with Gasteiger partial charge in [-0.3, -0.25) is 4.79 Å². The van der Waals surface area contributed by atoms with E-state index in [4.69, 9.17) is 0 Å². The number of hydrogen-bond donors (Lipinski definition) is 1. The second-order valence-corrected chi connectivity index (χ2v) is 8.79. The standard InChI is InChI=1S/C18H19FN2OS/c19-13-2-1-3-14-15(13)20-17(23-14)21-16(22)18-7-10-4-11(8-18)6-12(5-10)9-18/h1-3,10-12H,4-9H2,(H,20,21,22). The van der Waals surface area contributed by atoms with Gasteiger partial charge in [0.2, 0.25) is 5.91 Å². The molecule has 1 aromatic carbocycles. The minimum absolute atomic E-state index is 0.121. The lowest BCUT2D eigenvalue weighted by Crippen LogP contribution is -2.51. The second kappa shape index (κ2) is 4.76. The van der Waals surface area contributed by atoms with Gasteiger partial charge in [-0.25, -0.2) is 9.37 Å². The molecular formula is C18H19FN2OS. The molecule has 5 heteroatoms. The van der Waals surface area contributed by atoms with Crippen molar-refractivity contribution in [2.75, 3.05) is 5.32 Å². The van der Waals surface area contributed by atoms with Crippen LogP contribution >= 0.6 is 11.3 Å². The van der Waals surface area contributed by atoms with Crippen LogP contribution in [-0.4, -0.2) is 10.9 Å². The number of carbonyl (C=O) groups is 1. The molecule has 1 N–H and O–H groups in total. The Hall–Kier alpha value is -1.49. The number of anilines is 1. The van der Waals surface area contributed by atoms with E-state index in [-0.39, 0.29) is 17.1 Å². The molecule has 1 aromatic heterocycles. The third-order valence-corrected chi connectivity index (χ3v) is 7.05. The zero-order valence-corrected chi connectivity index (χ0v) is 13.7. The van der Waals surface area contributed by atoms with E-state index in [2.05, 4.69) is 10.3 Å². The summed E-state index contributed by atoms with van der Waals surface area (Å²) in [6.07, 6.45) is 7.05. The van der Waals surface area contributed by atoms with E-state index in [1.54, 1.807) is 6.07 Å². The fourth-order valence-electron chi connectivity index (χ4n) is 5.59. The first-order chi connectivity index (χ1) is 11.1. The smallest absolute Gasteiger partial charge is 0.232 e. The number of amides is 1. The second-order valence-electron chi connectivity index (χ2n) is 7.76. The Balaban J connectivity index is 1.43. The molecular weight excluding hydrogens is 311 g/mol. The lowest BCUT2D eigenvalue weighted by molar-refractivity contribution is -0.140. The number of nitrogens with one attached hydrogen (secondary N) is 1. The fourth-order valence-corrected chi connectivity index (χ4v) is 6.46. The first-order valence-corrected chi connectivity index (χ1v) is 9.29. The maximum absolute atomic E-state index is 13.8. The van der Waals surface area contributed by atoms with Crippen molar-refractivity contribution in [2.24, 2.45) is 23.2 Å². The summed E-state index contributed by atoms with van der Waals surface area (Å²) in [4.78, 5) is 17.3. The van der Waals surface area contributed by atoms with Gasteiger partial charge in [-0.15, -0.1) is 0 Å². The molecule has 6 rings (SSSR count). The van der Waals surface area contributed by atoms with E-state index in [0.29, 0.717) is 10.6 Å². The molecule has 2 aromatic rings. The van der Waals surface area contributed by atoms with E-state index in [9.17, 15) is 9.18 Å². The summed E-state index contributed by atoms with van der Waals surface area (Å²) in [5.74, 6) is 2.00. The molecule has 0 unspecified atom stereocenters. The number of para-hydroxylation sites is 1. The van der Waals surface area contributed by atoms with Crippen LogP contribution in [-0.2, 0) is 4.79 Å². The molecule has 4 aliphatic carbocycles. The largest absolute Gasteiger partial charge is 0.301 e. The van der Waals surface area contributed by atoms with Crippen molar-refractivity contribution in [1.82, 2.24) is 4.98 Å². The molecule has 4 aliphatic rings. The van der Waals surface area contributed by atoms with Gasteiger partial charge < -0.3 is 5.32 Å². The summed E-state index contributed by atoms with van der Waals surface area (Å²) in [6.45, 7) is 0. The first-order valence-electron chi connectivity index (χ1n) is 8.48. The molecule has 23 heavy (non-hydrogen) atoms. The Kier molecular flexibility index (Phi) is 2.88. The molecule has 1 heterocycles. The predicted octanol–water partition coefficient (Wildman–Crippen LogP) is 4.59. The van der Waals surface area contributed by atoms with Gasteiger partial charge in [0.15, 0.2) is 5.13 Å². The third-order valence-electron chi connectivity index (χ3n) is 6.11. The molecule has 3 nitrogen and oxygen atoms in total. The number of rotatable bonds is 2. The maximum Gasteiger partial charge on any atom is 0.232 e. The number of fused-ring (bicyclic) bond motifs is 1. The summed E-state index contributed by atoms with van der Waals surface area (Å²) >= 11 is 1.36. The van der Waals surface area contributed by atoms with Crippen molar-refractivity contribution in [1.29, 1.82) is 0 Å². The molecule has 4 bridgehead atoms. The average molecular weight is 330 g/mol. The highest BCUT2D eigenvalue weighted by atomic mass is 32.1. The Morgan fingerprint density at radius 2 is 1.83 bits per heavy atom. The monoisotopic (exact) mass is 330 g/mol. The third kappa shape index (κ3) is 2.12. The zero-order valence-electron chi connectivity index (χ0n) is 12.8. The summed E-state index contributed by atoms with van der Waals surface area (Å²) in [5, 5.41) is 3.55. The fraction of sp³-hybridized carbons (Fsp3) is 0.556. The summed E-state index contributed by atoms with van der Waals surface area (Å²) in [6, 6.07) is 4.93. The average Bonchev–Trinajstić information content (AvgIpc) is 2.90.